The van der Waals surface area contributed by atoms with E-state index < -0.39 is 11.5 Å². The van der Waals surface area contributed by atoms with Crippen molar-refractivity contribution in [1.82, 2.24) is 10.2 Å². The molecule has 2 rings (SSSR count). The zero-order chi connectivity index (χ0) is 14.0. The van der Waals surface area contributed by atoms with Gasteiger partial charge in [-0.3, -0.25) is 0 Å². The first-order valence-corrected chi connectivity index (χ1v) is 6.27. The Morgan fingerprint density at radius 3 is 2.84 bits per heavy atom. The highest BCUT2D eigenvalue weighted by Crippen LogP contribution is 2.29. The molecule has 0 aromatic carbocycles. The number of nitrogens with zero attached hydrogens (tertiary/aromatic N) is 1. The maximum atomic E-state index is 12.1. The molecule has 1 aliphatic heterocycles. The fourth-order valence-electron chi connectivity index (χ4n) is 2.35. The Kier molecular flexibility index (Phi) is 3.50. The number of amides is 2. The number of aliphatic carboxylic acids is 1. The zero-order valence-corrected chi connectivity index (χ0v) is 11.1. The van der Waals surface area contributed by atoms with Gasteiger partial charge in [0.2, 0.25) is 0 Å². The molecule has 1 fully saturated rings. The number of carbonyl (C=O) groups is 2. The summed E-state index contributed by atoms with van der Waals surface area (Å²) in [6.07, 6.45) is 1.19. The molecule has 2 amide bonds. The first kappa shape index (κ1) is 13.5. The molecular formula is C13H18N2O4. The summed E-state index contributed by atoms with van der Waals surface area (Å²) in [5, 5.41) is 11.9. The van der Waals surface area contributed by atoms with Crippen molar-refractivity contribution in [3.8, 4) is 0 Å². The van der Waals surface area contributed by atoms with Gasteiger partial charge in [0, 0.05) is 6.54 Å². The van der Waals surface area contributed by atoms with Gasteiger partial charge in [-0.05, 0) is 38.8 Å². The third-order valence-electron chi connectivity index (χ3n) is 3.56. The van der Waals surface area contributed by atoms with Crippen molar-refractivity contribution in [1.29, 1.82) is 0 Å². The third-order valence-corrected chi connectivity index (χ3v) is 3.56. The predicted octanol–water partition coefficient (Wildman–Crippen LogP) is 1.74. The molecule has 1 atom stereocenters. The van der Waals surface area contributed by atoms with Gasteiger partial charge in [0.05, 0.1) is 6.54 Å². The molecule has 19 heavy (non-hydrogen) atoms. The number of hydrogen-bond donors (Lipinski definition) is 2. The fourth-order valence-corrected chi connectivity index (χ4v) is 2.35. The Morgan fingerprint density at radius 1 is 1.53 bits per heavy atom. The first-order chi connectivity index (χ1) is 8.93. The summed E-state index contributed by atoms with van der Waals surface area (Å²) in [6.45, 7) is 4.14. The van der Waals surface area contributed by atoms with Crippen molar-refractivity contribution in [2.75, 3.05) is 6.54 Å². The van der Waals surface area contributed by atoms with Crippen LogP contribution in [0.25, 0.3) is 0 Å². The van der Waals surface area contributed by atoms with Crippen molar-refractivity contribution < 1.29 is 19.1 Å². The molecule has 1 saturated heterocycles. The number of carboxylic acid groups (broad SMARTS) is 1. The Bertz CT molecular complexity index is 497. The van der Waals surface area contributed by atoms with E-state index in [1.54, 1.807) is 13.0 Å². The SMILES string of the molecule is Cc1ccc(CNC(=O)N2CCCC2(C)C(=O)O)o1. The van der Waals surface area contributed by atoms with Gasteiger partial charge in [-0.1, -0.05) is 0 Å². The number of carboxylic acids is 1. The average molecular weight is 266 g/mol. The molecule has 0 radical (unpaired) electrons. The molecule has 1 unspecified atom stereocenters. The van der Waals surface area contributed by atoms with Crippen LogP contribution >= 0.6 is 0 Å². The second kappa shape index (κ2) is 4.95. The van der Waals surface area contributed by atoms with E-state index in [-0.39, 0.29) is 12.6 Å². The number of likely N-dealkylation sites (tertiary alicyclic amines) is 1. The molecule has 1 aliphatic rings. The van der Waals surface area contributed by atoms with E-state index in [1.165, 1.54) is 4.90 Å². The summed E-state index contributed by atoms with van der Waals surface area (Å²) in [5.41, 5.74) is -1.11. The van der Waals surface area contributed by atoms with Gasteiger partial charge >= 0.3 is 12.0 Å². The van der Waals surface area contributed by atoms with E-state index in [9.17, 15) is 14.7 Å². The highest BCUT2D eigenvalue weighted by atomic mass is 16.4. The van der Waals surface area contributed by atoms with Crippen LogP contribution < -0.4 is 5.32 Å². The molecule has 1 aromatic rings. The van der Waals surface area contributed by atoms with Gasteiger partial charge in [-0.25, -0.2) is 9.59 Å². The normalized spacial score (nSPS) is 22.5. The van der Waals surface area contributed by atoms with Crippen LogP contribution in [-0.4, -0.2) is 34.1 Å². The summed E-state index contributed by atoms with van der Waals surface area (Å²) >= 11 is 0. The largest absolute Gasteiger partial charge is 0.480 e. The minimum absolute atomic E-state index is 0.263. The smallest absolute Gasteiger partial charge is 0.329 e. The summed E-state index contributed by atoms with van der Waals surface area (Å²) < 4.78 is 5.35. The van der Waals surface area contributed by atoms with E-state index in [0.717, 1.165) is 5.76 Å². The molecule has 2 heterocycles. The molecule has 2 N–H and O–H groups in total. The van der Waals surface area contributed by atoms with Gasteiger partial charge in [0.15, 0.2) is 0 Å². The van der Waals surface area contributed by atoms with Crippen molar-refractivity contribution in [2.24, 2.45) is 0 Å². The molecule has 0 saturated carbocycles. The maximum absolute atomic E-state index is 12.1. The average Bonchev–Trinajstić information content (AvgIpc) is 2.93. The van der Waals surface area contributed by atoms with Crippen LogP contribution in [0.1, 0.15) is 31.3 Å². The summed E-state index contributed by atoms with van der Waals surface area (Å²) in [6, 6.07) is 3.24. The van der Waals surface area contributed by atoms with Crippen LogP contribution in [0.2, 0.25) is 0 Å². The fraction of sp³-hybridized carbons (Fsp3) is 0.538. The van der Waals surface area contributed by atoms with E-state index in [4.69, 9.17) is 4.42 Å². The van der Waals surface area contributed by atoms with Gasteiger partial charge in [0.25, 0.3) is 0 Å². The lowest BCUT2D eigenvalue weighted by Crippen LogP contribution is -2.53. The number of rotatable bonds is 3. The van der Waals surface area contributed by atoms with Crippen LogP contribution in [0.5, 0.6) is 0 Å². The number of furan rings is 1. The Labute approximate surface area is 111 Å². The molecular weight excluding hydrogens is 248 g/mol. The highest BCUT2D eigenvalue weighted by Gasteiger charge is 2.45. The van der Waals surface area contributed by atoms with Crippen LogP contribution in [0.3, 0.4) is 0 Å². The maximum Gasteiger partial charge on any atom is 0.329 e. The van der Waals surface area contributed by atoms with Crippen LogP contribution in [0, 0.1) is 6.92 Å². The van der Waals surface area contributed by atoms with Crippen molar-refractivity contribution >= 4 is 12.0 Å². The number of urea groups is 1. The van der Waals surface area contributed by atoms with Crippen LogP contribution in [0.4, 0.5) is 4.79 Å². The van der Waals surface area contributed by atoms with E-state index in [0.29, 0.717) is 25.1 Å². The van der Waals surface area contributed by atoms with Crippen molar-refractivity contribution in [3.63, 3.8) is 0 Å². The molecule has 0 aliphatic carbocycles. The lowest BCUT2D eigenvalue weighted by Gasteiger charge is -2.31. The summed E-state index contributed by atoms with van der Waals surface area (Å²) in [5.74, 6) is 0.469. The van der Waals surface area contributed by atoms with Gasteiger partial charge in [-0.15, -0.1) is 0 Å². The monoisotopic (exact) mass is 266 g/mol. The number of hydrogen-bond acceptors (Lipinski definition) is 3. The second-order valence-corrected chi connectivity index (χ2v) is 5.01. The van der Waals surface area contributed by atoms with E-state index >= 15 is 0 Å². The number of nitrogens with one attached hydrogen (secondary N) is 1. The Morgan fingerprint density at radius 2 is 2.26 bits per heavy atom. The van der Waals surface area contributed by atoms with Gasteiger partial charge < -0.3 is 19.7 Å². The number of carbonyl (C=O) groups excluding carboxylic acids is 1. The molecule has 1 aromatic heterocycles. The topological polar surface area (TPSA) is 82.8 Å². The molecule has 6 nitrogen and oxygen atoms in total. The lowest BCUT2D eigenvalue weighted by molar-refractivity contribution is -0.147. The van der Waals surface area contributed by atoms with Crippen molar-refractivity contribution in [2.45, 2.75) is 38.8 Å². The predicted molar refractivity (Wildman–Crippen MR) is 67.7 cm³/mol. The van der Waals surface area contributed by atoms with Crippen LogP contribution in [0.15, 0.2) is 16.5 Å². The highest BCUT2D eigenvalue weighted by molar-refractivity contribution is 5.86. The third kappa shape index (κ3) is 2.57. The van der Waals surface area contributed by atoms with Crippen LogP contribution in [-0.2, 0) is 11.3 Å². The molecule has 0 bridgehead atoms. The lowest BCUT2D eigenvalue weighted by atomic mass is 10.00. The molecule has 0 spiro atoms. The van der Waals surface area contributed by atoms with E-state index in [1.807, 2.05) is 13.0 Å². The zero-order valence-electron chi connectivity index (χ0n) is 11.1. The summed E-state index contributed by atoms with van der Waals surface area (Å²) in [7, 11) is 0. The first-order valence-electron chi connectivity index (χ1n) is 6.27. The Balaban J connectivity index is 1.98. The van der Waals surface area contributed by atoms with Gasteiger partial charge in [0.1, 0.15) is 17.1 Å². The molecule has 6 heteroatoms. The Hall–Kier alpha value is -1.98. The standard InChI is InChI=1S/C13H18N2O4/c1-9-4-5-10(19-9)8-14-12(18)15-7-3-6-13(15,2)11(16)17/h4-5H,3,6-8H2,1-2H3,(H,14,18)(H,16,17). The van der Waals surface area contributed by atoms with Crippen molar-refractivity contribution in [3.05, 3.63) is 23.7 Å². The summed E-state index contributed by atoms with van der Waals surface area (Å²) in [4.78, 5) is 24.7. The minimum atomic E-state index is -1.11. The number of aryl methyl sites for hydroxylation is 1. The molecule has 104 valence electrons. The quantitative estimate of drug-likeness (QED) is 0.873. The second-order valence-electron chi connectivity index (χ2n) is 5.01. The van der Waals surface area contributed by atoms with Gasteiger partial charge in [-0.2, -0.15) is 0 Å². The van der Waals surface area contributed by atoms with E-state index in [2.05, 4.69) is 5.32 Å². The minimum Gasteiger partial charge on any atom is -0.480 e.